The van der Waals surface area contributed by atoms with Gasteiger partial charge in [-0.2, -0.15) is 0 Å². The molecule has 0 unspecified atom stereocenters. The molecule has 0 radical (unpaired) electrons. The Kier molecular flexibility index (Phi) is 6.98. The fourth-order valence-electron chi connectivity index (χ4n) is 2.11. The lowest BCUT2D eigenvalue weighted by Gasteiger charge is -2.09. The lowest BCUT2D eigenvalue weighted by atomic mass is 10.2. The molecule has 0 saturated heterocycles. The summed E-state index contributed by atoms with van der Waals surface area (Å²) in [5.41, 5.74) is 2.18. The zero-order valence-corrected chi connectivity index (χ0v) is 13.5. The fraction of sp³-hybridized carbons (Fsp3) is 0.316. The molecule has 4 nitrogen and oxygen atoms in total. The predicted molar refractivity (Wildman–Crippen MR) is 93.9 cm³/mol. The minimum absolute atomic E-state index is 0.00929. The first-order valence-electron chi connectivity index (χ1n) is 8.05. The number of benzene rings is 2. The van der Waals surface area contributed by atoms with E-state index in [0.29, 0.717) is 13.2 Å². The Bertz CT molecular complexity index is 582. The molecule has 23 heavy (non-hydrogen) atoms. The molecule has 2 aromatic carbocycles. The highest BCUT2D eigenvalue weighted by Crippen LogP contribution is 2.15. The second-order valence-corrected chi connectivity index (χ2v) is 5.31. The van der Waals surface area contributed by atoms with E-state index in [1.165, 1.54) is 5.56 Å². The molecule has 4 heteroatoms. The molecule has 0 saturated carbocycles. The minimum atomic E-state index is 0.00929. The molecule has 2 rings (SSSR count). The largest absolute Gasteiger partial charge is 0.493 e. The van der Waals surface area contributed by atoms with Gasteiger partial charge in [-0.25, -0.2) is 0 Å². The third kappa shape index (κ3) is 6.43. The summed E-state index contributed by atoms with van der Waals surface area (Å²) in [6.45, 7) is 3.68. The number of rotatable bonds is 9. The molecular weight excluding hydrogens is 288 g/mol. The van der Waals surface area contributed by atoms with E-state index < -0.39 is 0 Å². The van der Waals surface area contributed by atoms with Gasteiger partial charge >= 0.3 is 0 Å². The van der Waals surface area contributed by atoms with Gasteiger partial charge in [0, 0.05) is 18.7 Å². The van der Waals surface area contributed by atoms with E-state index in [4.69, 9.17) is 4.74 Å². The van der Waals surface area contributed by atoms with E-state index in [-0.39, 0.29) is 12.5 Å². The summed E-state index contributed by atoms with van der Waals surface area (Å²) in [6.07, 6.45) is 1.83. The molecular formula is C19H24N2O2. The van der Waals surface area contributed by atoms with Crippen molar-refractivity contribution >= 4 is 11.6 Å². The smallest absolute Gasteiger partial charge is 0.239 e. The van der Waals surface area contributed by atoms with Crippen LogP contribution in [0.1, 0.15) is 18.9 Å². The molecule has 0 spiro atoms. The highest BCUT2D eigenvalue weighted by molar-refractivity contribution is 5.80. The number of anilines is 1. The van der Waals surface area contributed by atoms with Crippen LogP contribution in [0.15, 0.2) is 54.6 Å². The molecule has 2 aromatic rings. The van der Waals surface area contributed by atoms with Crippen LogP contribution < -0.4 is 15.4 Å². The summed E-state index contributed by atoms with van der Waals surface area (Å²) in [7, 11) is 0. The topological polar surface area (TPSA) is 50.4 Å². The molecule has 0 aromatic heterocycles. The van der Waals surface area contributed by atoms with Crippen molar-refractivity contribution in [3.8, 4) is 5.75 Å². The van der Waals surface area contributed by atoms with Crippen molar-refractivity contribution in [2.75, 3.05) is 25.0 Å². The Balaban J connectivity index is 1.70. The number of amides is 1. The number of hydrogen-bond acceptors (Lipinski definition) is 3. The van der Waals surface area contributed by atoms with Gasteiger partial charge in [-0.1, -0.05) is 37.3 Å². The monoisotopic (exact) mass is 312 g/mol. The van der Waals surface area contributed by atoms with Crippen LogP contribution in [0.4, 0.5) is 5.69 Å². The lowest BCUT2D eigenvalue weighted by molar-refractivity contribution is -0.119. The van der Waals surface area contributed by atoms with Gasteiger partial charge in [0.05, 0.1) is 13.2 Å². The molecule has 0 aliphatic rings. The van der Waals surface area contributed by atoms with Crippen LogP contribution >= 0.6 is 0 Å². The predicted octanol–water partition coefficient (Wildman–Crippen LogP) is 3.25. The molecule has 0 aliphatic carbocycles. The summed E-state index contributed by atoms with van der Waals surface area (Å²) in [5.74, 6) is 0.844. The quantitative estimate of drug-likeness (QED) is 0.747. The minimum Gasteiger partial charge on any atom is -0.493 e. The van der Waals surface area contributed by atoms with Gasteiger partial charge in [-0.15, -0.1) is 0 Å². The third-order valence-electron chi connectivity index (χ3n) is 3.38. The zero-order chi connectivity index (χ0) is 16.3. The van der Waals surface area contributed by atoms with Gasteiger partial charge in [-0.3, -0.25) is 4.79 Å². The Hall–Kier alpha value is -2.49. The number of ether oxygens (including phenoxy) is 1. The van der Waals surface area contributed by atoms with Crippen LogP contribution in [0, 0.1) is 0 Å². The maximum atomic E-state index is 11.5. The summed E-state index contributed by atoms with van der Waals surface area (Å²) in [6, 6.07) is 17.9. The van der Waals surface area contributed by atoms with E-state index >= 15 is 0 Å². The van der Waals surface area contributed by atoms with Gasteiger partial charge in [0.2, 0.25) is 5.91 Å². The SMILES string of the molecule is CCCNC(=O)CNc1ccc(OCCc2ccccc2)cc1. The molecule has 2 N–H and O–H groups in total. The molecule has 122 valence electrons. The first-order valence-corrected chi connectivity index (χ1v) is 8.05. The second kappa shape index (κ2) is 9.51. The molecule has 0 aliphatic heterocycles. The maximum absolute atomic E-state index is 11.5. The summed E-state index contributed by atoms with van der Waals surface area (Å²) >= 11 is 0. The molecule has 0 bridgehead atoms. The number of hydrogen-bond donors (Lipinski definition) is 2. The van der Waals surface area contributed by atoms with E-state index in [1.54, 1.807) is 0 Å². The number of carbonyl (C=O) groups excluding carboxylic acids is 1. The molecule has 0 heterocycles. The zero-order valence-electron chi connectivity index (χ0n) is 13.5. The van der Waals surface area contributed by atoms with E-state index in [9.17, 15) is 4.79 Å². The van der Waals surface area contributed by atoms with Gasteiger partial charge in [-0.05, 0) is 36.2 Å². The second-order valence-electron chi connectivity index (χ2n) is 5.31. The van der Waals surface area contributed by atoms with Crippen molar-refractivity contribution < 1.29 is 9.53 Å². The first-order chi connectivity index (χ1) is 11.3. The number of nitrogens with one attached hydrogen (secondary N) is 2. The van der Waals surface area contributed by atoms with E-state index in [1.807, 2.05) is 49.4 Å². The van der Waals surface area contributed by atoms with Gasteiger partial charge in [0.15, 0.2) is 0 Å². The Morgan fingerprint density at radius 3 is 2.48 bits per heavy atom. The van der Waals surface area contributed by atoms with E-state index in [0.717, 1.165) is 24.3 Å². The highest BCUT2D eigenvalue weighted by atomic mass is 16.5. The maximum Gasteiger partial charge on any atom is 0.239 e. The van der Waals surface area contributed by atoms with Crippen molar-refractivity contribution in [3.05, 3.63) is 60.2 Å². The summed E-state index contributed by atoms with van der Waals surface area (Å²) in [5, 5.41) is 5.93. The molecule has 0 fully saturated rings. The Labute approximate surface area is 137 Å². The van der Waals surface area contributed by atoms with Crippen LogP contribution in [-0.4, -0.2) is 25.6 Å². The van der Waals surface area contributed by atoms with Gasteiger partial charge in [0.1, 0.15) is 5.75 Å². The lowest BCUT2D eigenvalue weighted by Crippen LogP contribution is -2.30. The van der Waals surface area contributed by atoms with Gasteiger partial charge in [0.25, 0.3) is 0 Å². The van der Waals surface area contributed by atoms with Gasteiger partial charge < -0.3 is 15.4 Å². The fourth-order valence-corrected chi connectivity index (χ4v) is 2.11. The average molecular weight is 312 g/mol. The highest BCUT2D eigenvalue weighted by Gasteiger charge is 2.00. The van der Waals surface area contributed by atoms with Crippen LogP contribution in [0.25, 0.3) is 0 Å². The Morgan fingerprint density at radius 1 is 1.04 bits per heavy atom. The van der Waals surface area contributed by atoms with Crippen LogP contribution in [0.3, 0.4) is 0 Å². The normalized spacial score (nSPS) is 10.1. The van der Waals surface area contributed by atoms with Crippen LogP contribution in [0.2, 0.25) is 0 Å². The molecule has 1 amide bonds. The molecule has 0 atom stereocenters. The van der Waals surface area contributed by atoms with Crippen molar-refractivity contribution in [2.45, 2.75) is 19.8 Å². The summed E-state index contributed by atoms with van der Waals surface area (Å²) < 4.78 is 5.74. The van der Waals surface area contributed by atoms with Crippen molar-refractivity contribution in [2.24, 2.45) is 0 Å². The van der Waals surface area contributed by atoms with Crippen LogP contribution in [0.5, 0.6) is 5.75 Å². The first kappa shape index (κ1) is 16.9. The Morgan fingerprint density at radius 2 is 1.78 bits per heavy atom. The average Bonchev–Trinajstić information content (AvgIpc) is 2.60. The van der Waals surface area contributed by atoms with E-state index in [2.05, 4.69) is 22.8 Å². The van der Waals surface area contributed by atoms with Crippen molar-refractivity contribution in [1.82, 2.24) is 5.32 Å². The third-order valence-corrected chi connectivity index (χ3v) is 3.38. The van der Waals surface area contributed by atoms with Crippen LogP contribution in [-0.2, 0) is 11.2 Å². The van der Waals surface area contributed by atoms with Crippen molar-refractivity contribution in [3.63, 3.8) is 0 Å². The standard InChI is InChI=1S/C19H24N2O2/c1-2-13-20-19(22)15-21-17-8-10-18(11-9-17)23-14-12-16-6-4-3-5-7-16/h3-11,21H,2,12-15H2,1H3,(H,20,22). The number of carbonyl (C=O) groups is 1. The van der Waals surface area contributed by atoms with Crippen molar-refractivity contribution in [1.29, 1.82) is 0 Å². The summed E-state index contributed by atoms with van der Waals surface area (Å²) in [4.78, 5) is 11.5.